The first-order valence-electron chi connectivity index (χ1n) is 6.88. The molecule has 0 radical (unpaired) electrons. The van der Waals surface area contributed by atoms with Crippen molar-refractivity contribution in [3.8, 4) is 5.75 Å². The number of likely N-dealkylation sites (tertiary alicyclic amines) is 1. The van der Waals surface area contributed by atoms with Crippen LogP contribution in [-0.4, -0.2) is 48.0 Å². The number of aliphatic hydroxyl groups is 1. The van der Waals surface area contributed by atoms with Gasteiger partial charge in [0.05, 0.1) is 18.3 Å². The lowest BCUT2D eigenvalue weighted by atomic mass is 10.2. The first-order chi connectivity index (χ1) is 10.4. The monoisotopic (exact) mass is 318 g/mol. The standard InChI is InChI=1S/C14H17F3N2O3/c15-14(16,17)9-22-12-6-2-1-5-11(12)18-13(21)19-7-3-4-10(19)8-20/h1-2,5-6,10,20H,3-4,7-9H2,(H,18,21)/t10-/m0/s1. The summed E-state index contributed by atoms with van der Waals surface area (Å²) < 4.78 is 41.4. The lowest BCUT2D eigenvalue weighted by Crippen LogP contribution is -2.40. The average Bonchev–Trinajstić information content (AvgIpc) is 2.94. The third kappa shape index (κ3) is 4.27. The molecule has 1 aliphatic rings. The Morgan fingerprint density at radius 2 is 2.14 bits per heavy atom. The molecule has 1 aromatic carbocycles. The van der Waals surface area contributed by atoms with Crippen LogP contribution in [0.25, 0.3) is 0 Å². The van der Waals surface area contributed by atoms with E-state index >= 15 is 0 Å². The van der Waals surface area contributed by atoms with E-state index in [4.69, 9.17) is 4.74 Å². The lowest BCUT2D eigenvalue weighted by Gasteiger charge is -2.24. The van der Waals surface area contributed by atoms with Crippen molar-refractivity contribution in [2.75, 3.05) is 25.1 Å². The highest BCUT2D eigenvalue weighted by Crippen LogP contribution is 2.27. The number of amides is 2. The molecule has 0 aromatic heterocycles. The molecule has 122 valence electrons. The normalized spacial score (nSPS) is 18.4. The highest BCUT2D eigenvalue weighted by Gasteiger charge is 2.30. The van der Waals surface area contributed by atoms with Gasteiger partial charge in [-0.05, 0) is 25.0 Å². The molecular formula is C14H17F3N2O3. The van der Waals surface area contributed by atoms with Crippen molar-refractivity contribution >= 4 is 11.7 Å². The van der Waals surface area contributed by atoms with Gasteiger partial charge in [-0.15, -0.1) is 0 Å². The summed E-state index contributed by atoms with van der Waals surface area (Å²) >= 11 is 0. The zero-order chi connectivity index (χ0) is 16.2. The van der Waals surface area contributed by atoms with Crippen LogP contribution in [0.2, 0.25) is 0 Å². The van der Waals surface area contributed by atoms with Crippen molar-refractivity contribution in [1.82, 2.24) is 4.90 Å². The van der Waals surface area contributed by atoms with E-state index in [1.165, 1.54) is 23.1 Å². The minimum Gasteiger partial charge on any atom is -0.482 e. The first-order valence-corrected chi connectivity index (χ1v) is 6.88. The van der Waals surface area contributed by atoms with E-state index in [1.54, 1.807) is 6.07 Å². The van der Waals surface area contributed by atoms with Crippen LogP contribution in [-0.2, 0) is 0 Å². The minimum absolute atomic E-state index is 0.0482. The number of carbonyl (C=O) groups is 1. The van der Waals surface area contributed by atoms with Gasteiger partial charge in [-0.2, -0.15) is 13.2 Å². The highest BCUT2D eigenvalue weighted by molar-refractivity contribution is 5.91. The van der Waals surface area contributed by atoms with Crippen LogP contribution in [0, 0.1) is 0 Å². The Balaban J connectivity index is 2.04. The zero-order valence-corrected chi connectivity index (χ0v) is 11.8. The maximum atomic E-state index is 12.2. The number of halogens is 3. The van der Waals surface area contributed by atoms with Crippen molar-refractivity contribution in [1.29, 1.82) is 0 Å². The number of carbonyl (C=O) groups excluding carboxylic acids is 1. The molecule has 1 aromatic rings. The van der Waals surface area contributed by atoms with Crippen molar-refractivity contribution < 1.29 is 27.8 Å². The third-order valence-corrected chi connectivity index (χ3v) is 3.37. The Morgan fingerprint density at radius 1 is 1.41 bits per heavy atom. The Bertz CT molecular complexity index is 522. The molecule has 0 unspecified atom stereocenters. The van der Waals surface area contributed by atoms with Crippen LogP contribution >= 0.6 is 0 Å². The molecule has 2 N–H and O–H groups in total. The molecule has 8 heteroatoms. The summed E-state index contributed by atoms with van der Waals surface area (Å²) in [5.74, 6) is -0.0482. The maximum Gasteiger partial charge on any atom is 0.422 e. The lowest BCUT2D eigenvalue weighted by molar-refractivity contribution is -0.153. The fourth-order valence-corrected chi connectivity index (χ4v) is 2.34. The molecular weight excluding hydrogens is 301 g/mol. The Hall–Kier alpha value is -1.96. The van der Waals surface area contributed by atoms with Crippen molar-refractivity contribution in [3.05, 3.63) is 24.3 Å². The molecule has 0 bridgehead atoms. The van der Waals surface area contributed by atoms with E-state index in [0.29, 0.717) is 13.0 Å². The molecule has 2 amide bonds. The number of nitrogens with zero attached hydrogens (tertiary/aromatic N) is 1. The van der Waals surface area contributed by atoms with E-state index in [-0.39, 0.29) is 24.1 Å². The van der Waals surface area contributed by atoms with Gasteiger partial charge in [0.2, 0.25) is 0 Å². The molecule has 0 saturated carbocycles. The number of anilines is 1. The summed E-state index contributed by atoms with van der Waals surface area (Å²) in [6.07, 6.45) is -2.96. The summed E-state index contributed by atoms with van der Waals surface area (Å²) in [6.45, 7) is -1.06. The molecule has 1 saturated heterocycles. The van der Waals surface area contributed by atoms with Crippen molar-refractivity contribution in [2.45, 2.75) is 25.1 Å². The van der Waals surface area contributed by atoms with E-state index in [1.807, 2.05) is 0 Å². The molecule has 1 atom stereocenters. The smallest absolute Gasteiger partial charge is 0.422 e. The number of ether oxygens (including phenoxy) is 1. The first kappa shape index (κ1) is 16.4. The summed E-state index contributed by atoms with van der Waals surface area (Å²) in [4.78, 5) is 13.6. The molecule has 0 aliphatic carbocycles. The van der Waals surface area contributed by atoms with Gasteiger partial charge in [0.15, 0.2) is 6.61 Å². The molecule has 1 aliphatic heterocycles. The number of hydrogen-bond acceptors (Lipinski definition) is 3. The zero-order valence-electron chi connectivity index (χ0n) is 11.8. The number of benzene rings is 1. The fourth-order valence-electron chi connectivity index (χ4n) is 2.34. The van der Waals surface area contributed by atoms with Crippen LogP contribution in [0.15, 0.2) is 24.3 Å². The number of hydrogen-bond donors (Lipinski definition) is 2. The average molecular weight is 318 g/mol. The molecule has 1 fully saturated rings. The molecule has 1 heterocycles. The van der Waals surface area contributed by atoms with Gasteiger partial charge in [0.25, 0.3) is 0 Å². The van der Waals surface area contributed by atoms with Gasteiger partial charge in [-0.3, -0.25) is 0 Å². The van der Waals surface area contributed by atoms with E-state index < -0.39 is 18.8 Å². The Labute approximate surface area is 125 Å². The second kappa shape index (κ2) is 6.87. The summed E-state index contributed by atoms with van der Waals surface area (Å²) in [7, 11) is 0. The van der Waals surface area contributed by atoms with Gasteiger partial charge >= 0.3 is 12.2 Å². The number of para-hydroxylation sites is 2. The third-order valence-electron chi connectivity index (χ3n) is 3.37. The van der Waals surface area contributed by atoms with Crippen LogP contribution in [0.3, 0.4) is 0 Å². The maximum absolute atomic E-state index is 12.2. The number of aliphatic hydroxyl groups excluding tert-OH is 1. The fraction of sp³-hybridized carbons (Fsp3) is 0.500. The molecule has 2 rings (SSSR count). The number of nitrogens with one attached hydrogen (secondary N) is 1. The van der Waals surface area contributed by atoms with Crippen molar-refractivity contribution in [3.63, 3.8) is 0 Å². The predicted octanol–water partition coefficient (Wildman–Crippen LogP) is 2.62. The largest absolute Gasteiger partial charge is 0.482 e. The predicted molar refractivity (Wildman–Crippen MR) is 73.8 cm³/mol. The van der Waals surface area contributed by atoms with Crippen LogP contribution in [0.4, 0.5) is 23.7 Å². The number of urea groups is 1. The number of alkyl halides is 3. The Kier molecular flexibility index (Phi) is 5.12. The second-order valence-electron chi connectivity index (χ2n) is 5.00. The molecule has 22 heavy (non-hydrogen) atoms. The number of rotatable bonds is 4. The van der Waals surface area contributed by atoms with Gasteiger partial charge in [0.1, 0.15) is 5.75 Å². The van der Waals surface area contributed by atoms with Crippen LogP contribution in [0.5, 0.6) is 5.75 Å². The van der Waals surface area contributed by atoms with Crippen molar-refractivity contribution in [2.24, 2.45) is 0 Å². The Morgan fingerprint density at radius 3 is 2.82 bits per heavy atom. The van der Waals surface area contributed by atoms with Gasteiger partial charge in [0, 0.05) is 6.54 Å². The van der Waals surface area contributed by atoms with Gasteiger partial charge < -0.3 is 20.1 Å². The highest BCUT2D eigenvalue weighted by atomic mass is 19.4. The van der Waals surface area contributed by atoms with E-state index in [9.17, 15) is 23.1 Å². The summed E-state index contributed by atoms with van der Waals surface area (Å²) in [6, 6.07) is 5.21. The van der Waals surface area contributed by atoms with Crippen LogP contribution < -0.4 is 10.1 Å². The minimum atomic E-state index is -4.45. The summed E-state index contributed by atoms with van der Waals surface area (Å²) in [5, 5.41) is 11.7. The quantitative estimate of drug-likeness (QED) is 0.897. The second-order valence-corrected chi connectivity index (χ2v) is 5.00. The molecule has 0 spiro atoms. The van der Waals surface area contributed by atoms with E-state index in [0.717, 1.165) is 6.42 Å². The van der Waals surface area contributed by atoms with Crippen LogP contribution in [0.1, 0.15) is 12.8 Å². The topological polar surface area (TPSA) is 61.8 Å². The summed E-state index contributed by atoms with van der Waals surface area (Å²) in [5.41, 5.74) is 0.167. The van der Waals surface area contributed by atoms with Gasteiger partial charge in [-0.25, -0.2) is 4.79 Å². The SMILES string of the molecule is O=C(Nc1ccccc1OCC(F)(F)F)N1CCC[C@H]1CO. The van der Waals surface area contributed by atoms with Gasteiger partial charge in [-0.1, -0.05) is 12.1 Å². The molecule has 5 nitrogen and oxygen atoms in total. The van der Waals surface area contributed by atoms with E-state index in [2.05, 4.69) is 5.32 Å².